The number of carbonyl (C=O) groups excluding carboxylic acids is 1. The quantitative estimate of drug-likeness (QED) is 0.940. The minimum atomic E-state index is 0.109. The average molecular weight is 281 g/mol. The highest BCUT2D eigenvalue weighted by Gasteiger charge is 2.22. The molecular weight excluding hydrogens is 262 g/mol. The Bertz CT molecular complexity index is 654. The smallest absolute Gasteiger partial charge is 0.223 e. The first-order chi connectivity index (χ1) is 10.1. The lowest BCUT2D eigenvalue weighted by Gasteiger charge is -2.18. The summed E-state index contributed by atoms with van der Waals surface area (Å²) in [7, 11) is 0. The molecule has 1 aliphatic rings. The van der Waals surface area contributed by atoms with Crippen molar-refractivity contribution in [2.24, 2.45) is 0 Å². The van der Waals surface area contributed by atoms with Crippen molar-refractivity contribution in [2.45, 2.75) is 26.3 Å². The number of nitrogens with one attached hydrogen (secondary N) is 1. The van der Waals surface area contributed by atoms with Gasteiger partial charge in [-0.25, -0.2) is 0 Å². The van der Waals surface area contributed by atoms with Crippen LogP contribution < -0.4 is 10.2 Å². The Morgan fingerprint density at radius 2 is 2.24 bits per heavy atom. The van der Waals surface area contributed by atoms with Gasteiger partial charge in [0, 0.05) is 37.2 Å². The van der Waals surface area contributed by atoms with Crippen LogP contribution >= 0.6 is 0 Å². The molecule has 2 aromatic rings. The molecule has 108 valence electrons. The van der Waals surface area contributed by atoms with Gasteiger partial charge in [0.15, 0.2) is 0 Å². The Balaban J connectivity index is 1.78. The van der Waals surface area contributed by atoms with Gasteiger partial charge in [-0.15, -0.1) is 0 Å². The van der Waals surface area contributed by atoms with Gasteiger partial charge in [-0.3, -0.25) is 9.78 Å². The summed E-state index contributed by atoms with van der Waals surface area (Å²) in [5.74, 6) is 0.109. The van der Waals surface area contributed by atoms with Crippen molar-refractivity contribution < 1.29 is 4.79 Å². The van der Waals surface area contributed by atoms with Gasteiger partial charge >= 0.3 is 0 Å². The minimum absolute atomic E-state index is 0.109. The van der Waals surface area contributed by atoms with E-state index in [1.165, 1.54) is 5.56 Å². The zero-order chi connectivity index (χ0) is 14.8. The van der Waals surface area contributed by atoms with Crippen LogP contribution in [0.2, 0.25) is 0 Å². The van der Waals surface area contributed by atoms with E-state index in [0.717, 1.165) is 29.9 Å². The van der Waals surface area contributed by atoms with Crippen molar-refractivity contribution in [1.29, 1.82) is 0 Å². The van der Waals surface area contributed by atoms with Crippen LogP contribution in [0.1, 0.15) is 31.0 Å². The molecule has 1 amide bonds. The Hall–Kier alpha value is -2.36. The number of amides is 1. The molecule has 1 unspecified atom stereocenters. The predicted molar refractivity (Wildman–Crippen MR) is 84.4 cm³/mol. The monoisotopic (exact) mass is 281 g/mol. The SMILES string of the molecule is CC(=O)N1CCc2cc(NC(C)c3cccnc3)ccc21. The number of aromatic nitrogens is 1. The highest BCUT2D eigenvalue weighted by atomic mass is 16.2. The maximum atomic E-state index is 11.6. The van der Waals surface area contributed by atoms with Gasteiger partial charge in [0.2, 0.25) is 5.91 Å². The molecule has 0 spiro atoms. The number of benzene rings is 1. The van der Waals surface area contributed by atoms with Crippen LogP contribution in [-0.4, -0.2) is 17.4 Å². The molecule has 1 atom stereocenters. The fourth-order valence-electron chi connectivity index (χ4n) is 2.78. The van der Waals surface area contributed by atoms with Crippen molar-refractivity contribution in [1.82, 2.24) is 4.98 Å². The maximum absolute atomic E-state index is 11.6. The third-order valence-electron chi connectivity index (χ3n) is 3.92. The van der Waals surface area contributed by atoms with E-state index in [4.69, 9.17) is 0 Å². The largest absolute Gasteiger partial charge is 0.378 e. The van der Waals surface area contributed by atoms with Gasteiger partial charge in [0.05, 0.1) is 6.04 Å². The van der Waals surface area contributed by atoms with Crippen molar-refractivity contribution in [3.05, 3.63) is 53.9 Å². The number of anilines is 2. The second-order valence-electron chi connectivity index (χ2n) is 5.42. The first-order valence-electron chi connectivity index (χ1n) is 7.22. The normalized spacial score (nSPS) is 14.7. The van der Waals surface area contributed by atoms with Crippen molar-refractivity contribution >= 4 is 17.3 Å². The number of fused-ring (bicyclic) bond motifs is 1. The fourth-order valence-corrected chi connectivity index (χ4v) is 2.78. The zero-order valence-corrected chi connectivity index (χ0v) is 12.3. The van der Waals surface area contributed by atoms with Crippen LogP contribution in [0.3, 0.4) is 0 Å². The molecule has 0 radical (unpaired) electrons. The molecule has 0 saturated heterocycles. The summed E-state index contributed by atoms with van der Waals surface area (Å²) in [6.07, 6.45) is 4.58. The third-order valence-corrected chi connectivity index (χ3v) is 3.92. The first kappa shape index (κ1) is 13.6. The van der Waals surface area contributed by atoms with Crippen molar-refractivity contribution in [3.63, 3.8) is 0 Å². The lowest BCUT2D eigenvalue weighted by molar-refractivity contribution is -0.116. The molecule has 0 aliphatic carbocycles. The average Bonchev–Trinajstić information content (AvgIpc) is 2.91. The third kappa shape index (κ3) is 2.75. The van der Waals surface area contributed by atoms with E-state index in [0.29, 0.717) is 0 Å². The number of carbonyl (C=O) groups is 1. The molecule has 1 aromatic heterocycles. The van der Waals surface area contributed by atoms with Gasteiger partial charge in [-0.05, 0) is 48.7 Å². The summed E-state index contributed by atoms with van der Waals surface area (Å²) in [4.78, 5) is 17.5. The molecular formula is C17H19N3O. The summed E-state index contributed by atoms with van der Waals surface area (Å²) in [5, 5.41) is 3.49. The summed E-state index contributed by atoms with van der Waals surface area (Å²) >= 11 is 0. The fraction of sp³-hybridized carbons (Fsp3) is 0.294. The van der Waals surface area contributed by atoms with E-state index in [1.54, 1.807) is 13.1 Å². The Morgan fingerprint density at radius 1 is 1.38 bits per heavy atom. The summed E-state index contributed by atoms with van der Waals surface area (Å²) in [6.45, 7) is 4.52. The maximum Gasteiger partial charge on any atom is 0.223 e. The topological polar surface area (TPSA) is 45.2 Å². The highest BCUT2D eigenvalue weighted by Crippen LogP contribution is 2.31. The van der Waals surface area contributed by atoms with Gasteiger partial charge in [-0.2, -0.15) is 0 Å². The molecule has 3 rings (SSSR count). The first-order valence-corrected chi connectivity index (χ1v) is 7.22. The number of hydrogen-bond acceptors (Lipinski definition) is 3. The van der Waals surface area contributed by atoms with Gasteiger partial charge in [0.25, 0.3) is 0 Å². The lowest BCUT2D eigenvalue weighted by atomic mass is 10.1. The number of rotatable bonds is 3. The number of nitrogens with zero attached hydrogens (tertiary/aromatic N) is 2. The molecule has 0 bridgehead atoms. The van der Waals surface area contributed by atoms with Crippen LogP contribution in [0.4, 0.5) is 11.4 Å². The molecule has 2 heterocycles. The van der Waals surface area contributed by atoms with Crippen molar-refractivity contribution in [3.8, 4) is 0 Å². The van der Waals surface area contributed by atoms with Gasteiger partial charge in [-0.1, -0.05) is 6.07 Å². The van der Waals surface area contributed by atoms with Gasteiger partial charge < -0.3 is 10.2 Å². The lowest BCUT2D eigenvalue weighted by Crippen LogP contribution is -2.25. The second-order valence-corrected chi connectivity index (χ2v) is 5.42. The zero-order valence-electron chi connectivity index (χ0n) is 12.3. The van der Waals surface area contributed by atoms with E-state index in [9.17, 15) is 4.79 Å². The summed E-state index contributed by atoms with van der Waals surface area (Å²) < 4.78 is 0. The Labute approximate surface area is 124 Å². The van der Waals surface area contributed by atoms with Crippen LogP contribution in [0.5, 0.6) is 0 Å². The second kappa shape index (κ2) is 5.56. The van der Waals surface area contributed by atoms with E-state index >= 15 is 0 Å². The molecule has 4 heteroatoms. The van der Waals surface area contributed by atoms with E-state index in [-0.39, 0.29) is 11.9 Å². The Kier molecular flexibility index (Phi) is 3.60. The molecule has 0 saturated carbocycles. The molecule has 0 fully saturated rings. The highest BCUT2D eigenvalue weighted by molar-refractivity contribution is 5.94. The van der Waals surface area contributed by atoms with Crippen molar-refractivity contribution in [2.75, 3.05) is 16.8 Å². The van der Waals surface area contributed by atoms with Crippen LogP contribution in [0.15, 0.2) is 42.7 Å². The molecule has 1 aliphatic heterocycles. The number of hydrogen-bond donors (Lipinski definition) is 1. The van der Waals surface area contributed by atoms with E-state index < -0.39 is 0 Å². The van der Waals surface area contributed by atoms with E-state index in [1.807, 2.05) is 29.3 Å². The summed E-state index contributed by atoms with van der Waals surface area (Å²) in [6, 6.07) is 10.4. The molecule has 1 aromatic carbocycles. The molecule has 1 N–H and O–H groups in total. The molecule has 4 nitrogen and oxygen atoms in total. The standard InChI is InChI=1S/C17H19N3O/c1-12(15-4-3-8-18-11-15)19-16-5-6-17-14(10-16)7-9-20(17)13(2)21/h3-6,8,10-12,19H,7,9H2,1-2H3. The van der Waals surface area contributed by atoms with Crippen LogP contribution in [0, 0.1) is 0 Å². The molecule has 21 heavy (non-hydrogen) atoms. The summed E-state index contributed by atoms with van der Waals surface area (Å²) in [5.41, 5.74) is 4.51. The van der Waals surface area contributed by atoms with Crippen LogP contribution in [-0.2, 0) is 11.2 Å². The predicted octanol–water partition coefficient (Wildman–Crippen LogP) is 3.16. The number of pyridine rings is 1. The van der Waals surface area contributed by atoms with E-state index in [2.05, 4.69) is 29.4 Å². The Morgan fingerprint density at radius 3 is 2.95 bits per heavy atom. The van der Waals surface area contributed by atoms with Crippen LogP contribution in [0.25, 0.3) is 0 Å². The van der Waals surface area contributed by atoms with Gasteiger partial charge in [0.1, 0.15) is 0 Å². The minimum Gasteiger partial charge on any atom is -0.378 e.